The van der Waals surface area contributed by atoms with E-state index < -0.39 is 0 Å². The van der Waals surface area contributed by atoms with Crippen LogP contribution in [0.15, 0.2) is 0 Å². The molecule has 0 fully saturated rings. The Bertz CT molecular complexity index is 3.61. The zero-order chi connectivity index (χ0) is 0. The van der Waals surface area contributed by atoms with Crippen molar-refractivity contribution in [1.82, 2.24) is 0 Å². The molecular formula is NdV4. The molecule has 0 aromatic heterocycles. The van der Waals surface area contributed by atoms with Crippen molar-refractivity contribution in [3.8, 4) is 0 Å². The first-order valence-electron chi connectivity index (χ1n) is 0. The molecular weight excluding hydrogens is 348 g/mol. The Labute approximate surface area is 112 Å². The van der Waals surface area contributed by atoms with Gasteiger partial charge in [-0.05, 0) is 0 Å². The molecule has 0 rings (SSSR count). The van der Waals surface area contributed by atoms with Crippen LogP contribution in [0.2, 0.25) is 0 Å². The Morgan fingerprint density at radius 2 is 0.400 bits per heavy atom. The van der Waals surface area contributed by atoms with Crippen LogP contribution < -0.4 is 0 Å². The zero-order valence-electron chi connectivity index (χ0n) is 2.29. The molecule has 0 unspecified atom stereocenters. The molecule has 0 saturated carbocycles. The summed E-state index contributed by atoms with van der Waals surface area (Å²) < 4.78 is 0. The average molecular weight is 348 g/mol. The molecule has 0 saturated heterocycles. The zero-order valence-corrected chi connectivity index (χ0v) is 11.1. The topological polar surface area (TPSA) is 0 Å². The minimum atomic E-state index is 0. The van der Waals surface area contributed by atoms with E-state index in [2.05, 4.69) is 0 Å². The largest absolute Gasteiger partial charge is 0 e. The quantitative estimate of drug-likeness (QED) is 0.578. The molecule has 0 aromatic rings. The first-order valence-corrected chi connectivity index (χ1v) is 0. The summed E-state index contributed by atoms with van der Waals surface area (Å²) in [7, 11) is 0. The maximum atomic E-state index is 0. The maximum absolute atomic E-state index is 0. The normalized spacial score (nSPS) is 0. The van der Waals surface area contributed by atoms with Crippen LogP contribution in [0.5, 0.6) is 0 Å². The van der Waals surface area contributed by atoms with Crippen molar-refractivity contribution >= 4 is 0 Å². The van der Waals surface area contributed by atoms with Crippen molar-refractivity contribution < 1.29 is 115 Å². The monoisotopic (exact) mass is 346 g/mol. The fourth-order valence-corrected chi connectivity index (χ4v) is 0. The molecule has 0 aromatic carbocycles. The number of rotatable bonds is 0. The molecule has 0 spiro atoms. The molecule has 0 amide bonds. The Kier molecular flexibility index (Phi) is 191. The maximum Gasteiger partial charge on any atom is 0 e. The van der Waals surface area contributed by atoms with E-state index in [0.29, 0.717) is 0 Å². The molecule has 0 nitrogen and oxygen atoms in total. The summed E-state index contributed by atoms with van der Waals surface area (Å²) in [6.07, 6.45) is 0. The van der Waals surface area contributed by atoms with Gasteiger partial charge in [-0.2, -0.15) is 0 Å². The van der Waals surface area contributed by atoms with E-state index in [9.17, 15) is 0 Å². The van der Waals surface area contributed by atoms with Gasteiger partial charge in [0.2, 0.25) is 0 Å². The van der Waals surface area contributed by atoms with Gasteiger partial charge in [0, 0.05) is 115 Å². The minimum Gasteiger partial charge on any atom is 0 e. The van der Waals surface area contributed by atoms with Crippen LogP contribution in [-0.2, 0) is 74.2 Å². The molecule has 0 atom stereocenters. The second-order valence-electron chi connectivity index (χ2n) is 0. The van der Waals surface area contributed by atoms with Gasteiger partial charge in [0.1, 0.15) is 0 Å². The van der Waals surface area contributed by atoms with Gasteiger partial charge in [-0.15, -0.1) is 0 Å². The summed E-state index contributed by atoms with van der Waals surface area (Å²) in [4.78, 5) is 0. The second-order valence-corrected chi connectivity index (χ2v) is 0. The molecule has 24 valence electrons. The fourth-order valence-electron chi connectivity index (χ4n) is 0. The van der Waals surface area contributed by atoms with E-state index >= 15 is 0 Å². The van der Waals surface area contributed by atoms with Crippen molar-refractivity contribution in [3.63, 3.8) is 0 Å². The summed E-state index contributed by atoms with van der Waals surface area (Å²) in [5.74, 6) is 0. The first kappa shape index (κ1) is 37.8. The van der Waals surface area contributed by atoms with Gasteiger partial charge < -0.3 is 0 Å². The van der Waals surface area contributed by atoms with Gasteiger partial charge in [0.05, 0.1) is 0 Å². The standard InChI is InChI=1S/Nd.4V. The van der Waals surface area contributed by atoms with Crippen molar-refractivity contribution in [2.45, 2.75) is 0 Å². The van der Waals surface area contributed by atoms with E-state index in [4.69, 9.17) is 0 Å². The third kappa shape index (κ3) is 18.3. The predicted octanol–water partition coefficient (Wildman–Crippen LogP) is -0.0100. The predicted molar refractivity (Wildman–Crippen MR) is 0 cm³/mol. The summed E-state index contributed by atoms with van der Waals surface area (Å²) in [5, 5.41) is 0. The first-order chi connectivity index (χ1) is 0. The smallest absolute Gasteiger partial charge is 0 e. The van der Waals surface area contributed by atoms with Gasteiger partial charge >= 0.3 is 0 Å². The van der Waals surface area contributed by atoms with Crippen molar-refractivity contribution in [2.75, 3.05) is 0 Å². The van der Waals surface area contributed by atoms with Crippen LogP contribution in [0.25, 0.3) is 0 Å². The van der Waals surface area contributed by atoms with E-state index in [1.54, 1.807) is 0 Å². The van der Waals surface area contributed by atoms with Gasteiger partial charge in [-0.3, -0.25) is 0 Å². The summed E-state index contributed by atoms with van der Waals surface area (Å²) in [5.41, 5.74) is 0. The molecule has 0 aliphatic heterocycles. The van der Waals surface area contributed by atoms with Gasteiger partial charge in [-0.25, -0.2) is 0 Å². The van der Waals surface area contributed by atoms with Crippen molar-refractivity contribution in [1.29, 1.82) is 0 Å². The summed E-state index contributed by atoms with van der Waals surface area (Å²) in [6, 6.07) is 0. The van der Waals surface area contributed by atoms with E-state index in [1.807, 2.05) is 0 Å². The summed E-state index contributed by atoms with van der Waals surface area (Å²) in [6.45, 7) is 0. The average Bonchev–Trinajstić information content (AvgIpc) is 0. The van der Waals surface area contributed by atoms with E-state index in [1.165, 1.54) is 0 Å². The molecule has 0 aliphatic carbocycles. The van der Waals surface area contributed by atoms with Crippen LogP contribution in [0.4, 0.5) is 0 Å². The molecule has 0 aliphatic rings. The van der Waals surface area contributed by atoms with Crippen LogP contribution >= 0.6 is 0 Å². The molecule has 0 heterocycles. The van der Waals surface area contributed by atoms with Gasteiger partial charge in [-0.1, -0.05) is 0 Å². The molecule has 4 radical (unpaired) electrons. The Hall–Kier alpha value is 3.69. The Balaban J connectivity index is 0. The summed E-state index contributed by atoms with van der Waals surface area (Å²) >= 11 is 0. The van der Waals surface area contributed by atoms with Crippen LogP contribution in [-0.4, -0.2) is 0 Å². The molecule has 0 bridgehead atoms. The molecule has 0 N–H and O–H groups in total. The molecule has 5 heavy (non-hydrogen) atoms. The third-order valence-electron chi connectivity index (χ3n) is 0. The fraction of sp³-hybridized carbons (Fsp3) is 0. The Morgan fingerprint density at radius 1 is 0.400 bits per heavy atom. The van der Waals surface area contributed by atoms with E-state index in [0.717, 1.165) is 0 Å². The second kappa shape index (κ2) is 25.3. The Morgan fingerprint density at radius 3 is 0.400 bits per heavy atom. The number of hydrogen-bond acceptors (Lipinski definition) is 0. The number of hydrogen-bond donors (Lipinski definition) is 0. The minimum absolute atomic E-state index is 0. The van der Waals surface area contributed by atoms with Gasteiger partial charge in [0.15, 0.2) is 0 Å². The van der Waals surface area contributed by atoms with Crippen LogP contribution in [0.1, 0.15) is 0 Å². The van der Waals surface area contributed by atoms with Crippen molar-refractivity contribution in [2.24, 2.45) is 0 Å². The van der Waals surface area contributed by atoms with Gasteiger partial charge in [0.25, 0.3) is 0 Å². The van der Waals surface area contributed by atoms with Crippen LogP contribution in [0.3, 0.4) is 0 Å². The SMILES string of the molecule is [Nd].[V].[V].[V].[V]. The molecule has 5 heteroatoms. The van der Waals surface area contributed by atoms with Crippen LogP contribution in [0, 0.1) is 40.8 Å². The van der Waals surface area contributed by atoms with Crippen molar-refractivity contribution in [3.05, 3.63) is 0 Å². The third-order valence-corrected chi connectivity index (χ3v) is 0. The van der Waals surface area contributed by atoms with E-state index in [-0.39, 0.29) is 115 Å².